The summed E-state index contributed by atoms with van der Waals surface area (Å²) in [5.74, 6) is 1.63. The van der Waals surface area contributed by atoms with Gasteiger partial charge in [-0.3, -0.25) is 4.90 Å². The van der Waals surface area contributed by atoms with E-state index in [2.05, 4.69) is 45.2 Å². The molecule has 1 spiro atoms. The fraction of sp³-hybridized carbons (Fsp3) is 0.667. The zero-order valence-corrected chi connectivity index (χ0v) is 15.7. The van der Waals surface area contributed by atoms with E-state index in [0.717, 1.165) is 28.9 Å². The normalized spacial score (nSPS) is 24.5. The summed E-state index contributed by atoms with van der Waals surface area (Å²) < 4.78 is 12.3. The molecule has 3 rings (SSSR count). The molecule has 0 aromatic heterocycles. The van der Waals surface area contributed by atoms with E-state index in [1.54, 1.807) is 7.11 Å². The topological polar surface area (TPSA) is 33.7 Å². The molecule has 1 aromatic rings. The Labute approximate surface area is 147 Å². The van der Waals surface area contributed by atoms with Crippen molar-refractivity contribution < 1.29 is 9.47 Å². The summed E-state index contributed by atoms with van der Waals surface area (Å²) >= 11 is 3.64. The standard InChI is InChI=1S/C18H27BrN2O2/c1-3-8-23-17-15(19)9-14(10-16(17)22-2)11-21-7-5-18(13-21)4-6-20-12-18/h9-10,20H,3-8,11-13H2,1-2H3. The average molecular weight is 383 g/mol. The van der Waals surface area contributed by atoms with E-state index in [1.165, 1.54) is 44.6 Å². The molecule has 23 heavy (non-hydrogen) atoms. The molecular weight excluding hydrogens is 356 g/mol. The first-order valence-electron chi connectivity index (χ1n) is 8.58. The smallest absolute Gasteiger partial charge is 0.175 e. The summed E-state index contributed by atoms with van der Waals surface area (Å²) in [5.41, 5.74) is 1.80. The number of rotatable bonds is 6. The van der Waals surface area contributed by atoms with E-state index >= 15 is 0 Å². The summed E-state index contributed by atoms with van der Waals surface area (Å²) in [7, 11) is 1.71. The van der Waals surface area contributed by atoms with Crippen LogP contribution < -0.4 is 14.8 Å². The number of ether oxygens (including phenoxy) is 2. The van der Waals surface area contributed by atoms with E-state index in [1.807, 2.05) is 0 Å². The third-order valence-corrected chi connectivity index (χ3v) is 5.58. The SMILES string of the molecule is CCCOc1c(Br)cc(CN2CCC3(CCNC3)C2)cc1OC. The van der Waals surface area contributed by atoms with Crippen LogP contribution in [0.3, 0.4) is 0 Å². The molecule has 5 heteroatoms. The minimum atomic E-state index is 0.519. The lowest BCUT2D eigenvalue weighted by Gasteiger charge is -2.23. The van der Waals surface area contributed by atoms with Crippen molar-refractivity contribution in [1.29, 1.82) is 0 Å². The summed E-state index contributed by atoms with van der Waals surface area (Å²) in [4.78, 5) is 2.57. The molecule has 1 unspecified atom stereocenters. The fourth-order valence-electron chi connectivity index (χ4n) is 3.77. The molecule has 2 saturated heterocycles. The third kappa shape index (κ3) is 3.83. The van der Waals surface area contributed by atoms with Crippen molar-refractivity contribution in [1.82, 2.24) is 10.2 Å². The molecule has 128 valence electrons. The van der Waals surface area contributed by atoms with Crippen LogP contribution in [0.15, 0.2) is 16.6 Å². The van der Waals surface area contributed by atoms with Crippen LogP contribution in [0.25, 0.3) is 0 Å². The second-order valence-electron chi connectivity index (χ2n) is 6.84. The first kappa shape index (κ1) is 17.1. The molecular formula is C18H27BrN2O2. The van der Waals surface area contributed by atoms with E-state index in [4.69, 9.17) is 9.47 Å². The highest BCUT2D eigenvalue weighted by Crippen LogP contribution is 2.39. The number of likely N-dealkylation sites (tertiary alicyclic amines) is 1. The van der Waals surface area contributed by atoms with Crippen LogP contribution in [0.2, 0.25) is 0 Å². The molecule has 2 heterocycles. The maximum Gasteiger partial charge on any atom is 0.175 e. The second kappa shape index (κ2) is 7.41. The predicted molar refractivity (Wildman–Crippen MR) is 96.3 cm³/mol. The molecule has 2 aliphatic heterocycles. The van der Waals surface area contributed by atoms with Gasteiger partial charge in [-0.25, -0.2) is 0 Å². The minimum absolute atomic E-state index is 0.519. The van der Waals surface area contributed by atoms with Gasteiger partial charge < -0.3 is 14.8 Å². The van der Waals surface area contributed by atoms with Crippen molar-refractivity contribution in [2.45, 2.75) is 32.7 Å². The molecule has 1 aromatic carbocycles. The van der Waals surface area contributed by atoms with Gasteiger partial charge in [-0.1, -0.05) is 6.92 Å². The van der Waals surface area contributed by atoms with E-state index < -0.39 is 0 Å². The van der Waals surface area contributed by atoms with Crippen LogP contribution in [0, 0.1) is 5.41 Å². The predicted octanol–water partition coefficient (Wildman–Crippen LogP) is 3.43. The number of halogens is 1. The van der Waals surface area contributed by atoms with Crippen LogP contribution in [-0.4, -0.2) is 44.8 Å². The summed E-state index contributed by atoms with van der Waals surface area (Å²) in [5, 5.41) is 3.52. The molecule has 0 bridgehead atoms. The van der Waals surface area contributed by atoms with Gasteiger partial charge in [0.2, 0.25) is 0 Å². The van der Waals surface area contributed by atoms with Crippen LogP contribution in [0.1, 0.15) is 31.7 Å². The molecule has 0 aliphatic carbocycles. The molecule has 1 N–H and O–H groups in total. The van der Waals surface area contributed by atoms with Crippen molar-refractivity contribution in [2.75, 3.05) is 39.9 Å². The maximum atomic E-state index is 5.82. The number of nitrogens with one attached hydrogen (secondary N) is 1. The van der Waals surface area contributed by atoms with Gasteiger partial charge in [0.1, 0.15) is 0 Å². The third-order valence-electron chi connectivity index (χ3n) is 5.00. The van der Waals surface area contributed by atoms with Crippen molar-refractivity contribution in [3.63, 3.8) is 0 Å². The van der Waals surface area contributed by atoms with Crippen molar-refractivity contribution in [2.24, 2.45) is 5.41 Å². The monoisotopic (exact) mass is 382 g/mol. The molecule has 2 fully saturated rings. The highest BCUT2D eigenvalue weighted by molar-refractivity contribution is 9.10. The highest BCUT2D eigenvalue weighted by atomic mass is 79.9. The van der Waals surface area contributed by atoms with Crippen molar-refractivity contribution in [3.8, 4) is 11.5 Å². The van der Waals surface area contributed by atoms with Gasteiger partial charge in [0.15, 0.2) is 11.5 Å². The van der Waals surface area contributed by atoms with Gasteiger partial charge in [0, 0.05) is 19.6 Å². The van der Waals surface area contributed by atoms with Gasteiger partial charge in [0.05, 0.1) is 18.2 Å². The first-order valence-corrected chi connectivity index (χ1v) is 9.37. The van der Waals surface area contributed by atoms with E-state index in [9.17, 15) is 0 Å². The molecule has 0 amide bonds. The zero-order valence-electron chi connectivity index (χ0n) is 14.2. The number of methoxy groups -OCH3 is 1. The Balaban J connectivity index is 1.69. The molecule has 2 aliphatic rings. The van der Waals surface area contributed by atoms with Crippen molar-refractivity contribution >= 4 is 15.9 Å². The lowest BCUT2D eigenvalue weighted by atomic mass is 9.86. The Morgan fingerprint density at radius 3 is 2.91 bits per heavy atom. The number of nitrogens with zero attached hydrogens (tertiary/aromatic N) is 1. The maximum absolute atomic E-state index is 5.82. The lowest BCUT2D eigenvalue weighted by molar-refractivity contribution is 0.267. The van der Waals surface area contributed by atoms with Gasteiger partial charge in [-0.2, -0.15) is 0 Å². The lowest BCUT2D eigenvalue weighted by Crippen LogP contribution is -2.28. The number of hydrogen-bond acceptors (Lipinski definition) is 4. The van der Waals surface area contributed by atoms with Gasteiger partial charge in [0.25, 0.3) is 0 Å². The quantitative estimate of drug-likeness (QED) is 0.816. The van der Waals surface area contributed by atoms with Gasteiger partial charge >= 0.3 is 0 Å². The molecule has 1 atom stereocenters. The van der Waals surface area contributed by atoms with E-state index in [0.29, 0.717) is 12.0 Å². The Kier molecular flexibility index (Phi) is 5.49. The summed E-state index contributed by atoms with van der Waals surface area (Å²) in [6.07, 6.45) is 3.62. The van der Waals surface area contributed by atoms with Crippen LogP contribution in [0.5, 0.6) is 11.5 Å². The van der Waals surface area contributed by atoms with Crippen molar-refractivity contribution in [3.05, 3.63) is 22.2 Å². The van der Waals surface area contributed by atoms with E-state index in [-0.39, 0.29) is 0 Å². The average Bonchev–Trinajstić information content (AvgIpc) is 3.16. The van der Waals surface area contributed by atoms with Crippen LogP contribution >= 0.6 is 15.9 Å². The Hall–Kier alpha value is -0.780. The molecule has 0 radical (unpaired) electrons. The summed E-state index contributed by atoms with van der Waals surface area (Å²) in [6.45, 7) is 8.54. The first-order chi connectivity index (χ1) is 11.2. The zero-order chi connectivity index (χ0) is 16.3. The van der Waals surface area contributed by atoms with Crippen LogP contribution in [0.4, 0.5) is 0 Å². The Bertz CT molecular complexity index is 544. The Morgan fingerprint density at radius 1 is 1.35 bits per heavy atom. The number of benzene rings is 1. The highest BCUT2D eigenvalue weighted by Gasteiger charge is 2.40. The van der Waals surface area contributed by atoms with Gasteiger partial charge in [-0.05, 0) is 71.4 Å². The molecule has 0 saturated carbocycles. The van der Waals surface area contributed by atoms with Gasteiger partial charge in [-0.15, -0.1) is 0 Å². The molecule has 4 nitrogen and oxygen atoms in total. The minimum Gasteiger partial charge on any atom is -0.493 e. The Morgan fingerprint density at radius 2 is 2.22 bits per heavy atom. The van der Waals surface area contributed by atoms with Crippen LogP contribution in [-0.2, 0) is 6.54 Å². The largest absolute Gasteiger partial charge is 0.493 e. The second-order valence-corrected chi connectivity index (χ2v) is 7.70. The summed E-state index contributed by atoms with van der Waals surface area (Å²) in [6, 6.07) is 4.29. The number of hydrogen-bond donors (Lipinski definition) is 1. The fourth-order valence-corrected chi connectivity index (χ4v) is 4.38.